The van der Waals surface area contributed by atoms with Crippen LogP contribution in [0, 0.1) is 0 Å². The predicted molar refractivity (Wildman–Crippen MR) is 95.7 cm³/mol. The number of hydrogen-bond acceptors (Lipinski definition) is 4. The second kappa shape index (κ2) is 7.49. The highest BCUT2D eigenvalue weighted by molar-refractivity contribution is 7.15. The van der Waals surface area contributed by atoms with Crippen LogP contribution in [0.15, 0.2) is 42.0 Å². The highest BCUT2D eigenvalue weighted by atomic mass is 32.1. The number of benzene rings is 1. The molecule has 2 heterocycles. The quantitative estimate of drug-likeness (QED) is 0.717. The minimum atomic E-state index is 0.0167. The number of hydrogen-bond donors (Lipinski definition) is 1. The topological polar surface area (TPSA) is 55.6 Å². The summed E-state index contributed by atoms with van der Waals surface area (Å²) < 4.78 is 7.10. The molecule has 6 heteroatoms. The molecule has 0 spiro atoms. The molecule has 5 nitrogen and oxygen atoms in total. The van der Waals surface area contributed by atoms with E-state index in [4.69, 9.17) is 4.74 Å². The number of carbonyl (C=O) groups excluding carboxylic acids is 1. The van der Waals surface area contributed by atoms with Crippen LogP contribution in [0.3, 0.4) is 0 Å². The van der Waals surface area contributed by atoms with E-state index in [0.717, 1.165) is 29.2 Å². The van der Waals surface area contributed by atoms with Crippen molar-refractivity contribution in [2.45, 2.75) is 32.2 Å². The van der Waals surface area contributed by atoms with Gasteiger partial charge in [0.2, 0.25) is 5.91 Å². The Morgan fingerprint density at radius 3 is 2.88 bits per heavy atom. The zero-order chi connectivity index (χ0) is 16.9. The van der Waals surface area contributed by atoms with E-state index >= 15 is 0 Å². The molecule has 0 saturated carbocycles. The monoisotopic (exact) mass is 343 g/mol. The normalized spacial score (nSPS) is 12.2. The van der Waals surface area contributed by atoms with Crippen LogP contribution >= 0.6 is 11.3 Å². The average Bonchev–Trinajstić information content (AvgIpc) is 3.14. The number of aromatic nitrogens is 2. The van der Waals surface area contributed by atoms with Gasteiger partial charge in [0, 0.05) is 23.8 Å². The van der Waals surface area contributed by atoms with Gasteiger partial charge in [-0.2, -0.15) is 0 Å². The summed E-state index contributed by atoms with van der Waals surface area (Å²) in [6.45, 7) is 2.03. The first-order chi connectivity index (χ1) is 11.6. The van der Waals surface area contributed by atoms with E-state index in [9.17, 15) is 4.79 Å². The fourth-order valence-electron chi connectivity index (χ4n) is 2.60. The van der Waals surface area contributed by atoms with Crippen LogP contribution in [0.4, 0.5) is 0 Å². The van der Waals surface area contributed by atoms with Crippen molar-refractivity contribution < 1.29 is 9.53 Å². The third-order valence-corrected chi connectivity index (χ3v) is 4.69. The molecule has 24 heavy (non-hydrogen) atoms. The number of imidazole rings is 1. The highest BCUT2D eigenvalue weighted by Gasteiger charge is 2.11. The molecule has 0 radical (unpaired) electrons. The highest BCUT2D eigenvalue weighted by Crippen LogP contribution is 2.14. The summed E-state index contributed by atoms with van der Waals surface area (Å²) in [7, 11) is 1.66. The van der Waals surface area contributed by atoms with Crippen molar-refractivity contribution in [3.63, 3.8) is 0 Å². The van der Waals surface area contributed by atoms with Gasteiger partial charge in [-0.15, -0.1) is 11.3 Å². The number of rotatable bonds is 7. The Hall–Kier alpha value is -2.34. The Labute approximate surface area is 145 Å². The number of aryl methyl sites for hydroxylation is 1. The Kier molecular flexibility index (Phi) is 5.15. The van der Waals surface area contributed by atoms with Gasteiger partial charge in [-0.25, -0.2) is 4.98 Å². The van der Waals surface area contributed by atoms with Gasteiger partial charge in [0.1, 0.15) is 5.75 Å². The molecule has 0 aliphatic heterocycles. The lowest BCUT2D eigenvalue weighted by molar-refractivity contribution is -0.121. The zero-order valence-electron chi connectivity index (χ0n) is 13.9. The summed E-state index contributed by atoms with van der Waals surface area (Å²) in [5, 5.41) is 5.03. The van der Waals surface area contributed by atoms with Crippen molar-refractivity contribution in [1.29, 1.82) is 0 Å². The SMILES string of the molecule is COc1ccc(CC[C@@H](C)NC(=O)Cc2cn3ccsc3n2)cc1. The summed E-state index contributed by atoms with van der Waals surface area (Å²) in [6.07, 6.45) is 6.00. The summed E-state index contributed by atoms with van der Waals surface area (Å²) in [6, 6.07) is 8.17. The van der Waals surface area contributed by atoms with Crippen molar-refractivity contribution in [2.75, 3.05) is 7.11 Å². The lowest BCUT2D eigenvalue weighted by Gasteiger charge is -2.13. The first kappa shape index (κ1) is 16.5. The molecule has 0 aliphatic carbocycles. The summed E-state index contributed by atoms with van der Waals surface area (Å²) >= 11 is 1.57. The maximum atomic E-state index is 12.1. The first-order valence-corrected chi connectivity index (χ1v) is 8.85. The van der Waals surface area contributed by atoms with E-state index in [-0.39, 0.29) is 11.9 Å². The van der Waals surface area contributed by atoms with Gasteiger partial charge in [-0.05, 0) is 37.5 Å². The van der Waals surface area contributed by atoms with Gasteiger partial charge in [0.25, 0.3) is 0 Å². The molecule has 0 unspecified atom stereocenters. The number of nitrogens with one attached hydrogen (secondary N) is 1. The molecule has 1 aromatic carbocycles. The number of thiazole rings is 1. The van der Waals surface area contributed by atoms with Crippen LogP contribution < -0.4 is 10.1 Å². The van der Waals surface area contributed by atoms with Crippen LogP contribution in [-0.2, 0) is 17.6 Å². The molecule has 1 atom stereocenters. The molecular weight excluding hydrogens is 322 g/mol. The number of nitrogens with zero attached hydrogens (tertiary/aromatic N) is 2. The molecule has 0 aliphatic rings. The fraction of sp³-hybridized carbons (Fsp3) is 0.333. The second-order valence-corrected chi connectivity index (χ2v) is 6.73. The first-order valence-electron chi connectivity index (χ1n) is 7.97. The fourth-order valence-corrected chi connectivity index (χ4v) is 3.32. The molecule has 0 saturated heterocycles. The number of methoxy groups -OCH3 is 1. The lowest BCUT2D eigenvalue weighted by atomic mass is 10.1. The molecule has 1 N–H and O–H groups in total. The summed E-state index contributed by atoms with van der Waals surface area (Å²) in [5.41, 5.74) is 2.05. The van der Waals surface area contributed by atoms with E-state index < -0.39 is 0 Å². The van der Waals surface area contributed by atoms with E-state index in [2.05, 4.69) is 22.4 Å². The molecule has 0 fully saturated rings. The number of carbonyl (C=O) groups is 1. The summed E-state index contributed by atoms with van der Waals surface area (Å²) in [4.78, 5) is 17.5. The molecule has 2 aromatic heterocycles. The molecule has 0 bridgehead atoms. The third kappa shape index (κ3) is 4.14. The van der Waals surface area contributed by atoms with Crippen molar-refractivity contribution in [2.24, 2.45) is 0 Å². The van der Waals surface area contributed by atoms with Crippen LogP contribution in [0.25, 0.3) is 4.96 Å². The van der Waals surface area contributed by atoms with Gasteiger partial charge < -0.3 is 10.1 Å². The Bertz CT molecular complexity index is 779. The van der Waals surface area contributed by atoms with Crippen molar-refractivity contribution >= 4 is 22.2 Å². The van der Waals surface area contributed by atoms with Crippen molar-refractivity contribution in [1.82, 2.24) is 14.7 Å². The van der Waals surface area contributed by atoms with Gasteiger partial charge >= 0.3 is 0 Å². The Morgan fingerprint density at radius 1 is 1.38 bits per heavy atom. The molecule has 1 amide bonds. The van der Waals surface area contributed by atoms with Gasteiger partial charge in [-0.3, -0.25) is 9.20 Å². The van der Waals surface area contributed by atoms with Crippen molar-refractivity contribution in [3.05, 3.63) is 53.3 Å². The maximum absolute atomic E-state index is 12.1. The largest absolute Gasteiger partial charge is 0.497 e. The van der Waals surface area contributed by atoms with E-state index in [1.54, 1.807) is 18.4 Å². The van der Waals surface area contributed by atoms with Crippen LogP contribution in [0.2, 0.25) is 0 Å². The molecule has 3 rings (SSSR count). The second-order valence-electron chi connectivity index (χ2n) is 5.86. The van der Waals surface area contributed by atoms with Gasteiger partial charge in [0.15, 0.2) is 4.96 Å². The zero-order valence-corrected chi connectivity index (χ0v) is 14.7. The lowest BCUT2D eigenvalue weighted by Crippen LogP contribution is -2.34. The predicted octanol–water partition coefficient (Wildman–Crippen LogP) is 3.08. The average molecular weight is 343 g/mol. The van der Waals surface area contributed by atoms with Crippen LogP contribution in [0.1, 0.15) is 24.6 Å². The standard InChI is InChI=1S/C18H21N3O2S/c1-13(3-4-14-5-7-16(23-2)8-6-14)19-17(22)11-15-12-21-9-10-24-18(21)20-15/h5-10,12-13H,3-4,11H2,1-2H3,(H,19,22)/t13-/m1/s1. The van der Waals surface area contributed by atoms with Gasteiger partial charge in [0.05, 0.1) is 19.2 Å². The smallest absolute Gasteiger partial charge is 0.226 e. The van der Waals surface area contributed by atoms with Crippen LogP contribution in [0.5, 0.6) is 5.75 Å². The number of amides is 1. The molecular formula is C18H21N3O2S. The Balaban J connectivity index is 1.45. The van der Waals surface area contributed by atoms with E-state index in [0.29, 0.717) is 6.42 Å². The summed E-state index contributed by atoms with van der Waals surface area (Å²) in [5.74, 6) is 0.878. The molecule has 3 aromatic rings. The number of ether oxygens (including phenoxy) is 1. The van der Waals surface area contributed by atoms with Crippen LogP contribution in [-0.4, -0.2) is 28.4 Å². The minimum Gasteiger partial charge on any atom is -0.497 e. The third-order valence-electron chi connectivity index (χ3n) is 3.92. The van der Waals surface area contributed by atoms with E-state index in [1.165, 1.54) is 5.56 Å². The van der Waals surface area contributed by atoms with Crippen molar-refractivity contribution in [3.8, 4) is 5.75 Å². The number of fused-ring (bicyclic) bond motifs is 1. The molecule has 126 valence electrons. The Morgan fingerprint density at radius 2 is 2.17 bits per heavy atom. The van der Waals surface area contributed by atoms with Gasteiger partial charge in [-0.1, -0.05) is 12.1 Å². The maximum Gasteiger partial charge on any atom is 0.226 e. The van der Waals surface area contributed by atoms with E-state index in [1.807, 2.05) is 41.2 Å². The minimum absolute atomic E-state index is 0.0167.